The van der Waals surface area contributed by atoms with E-state index < -0.39 is 0 Å². The second-order valence-electron chi connectivity index (χ2n) is 12.5. The third kappa shape index (κ3) is 12.1. The average molecular weight is 488 g/mol. The van der Waals surface area contributed by atoms with Gasteiger partial charge in [-0.2, -0.15) is 20.9 Å². The van der Waals surface area contributed by atoms with Crippen LogP contribution in [-0.2, 0) is 19.6 Å². The molecule has 7 heteroatoms. The van der Waals surface area contributed by atoms with Gasteiger partial charge in [-0.15, -0.1) is 0 Å². The smallest absolute Gasteiger partial charge is 0.120 e. The maximum atomic E-state index is 8.73. The van der Waals surface area contributed by atoms with Crippen LogP contribution in [-0.4, -0.2) is 18.9 Å². The highest BCUT2D eigenvalue weighted by Gasteiger charge is 2.13. The standard InChI is InChI=1S/2C10H14N2.C9H13N3/c2*1-10(2,3)8-12-6-4-5-9(12)7-11;1-9(2,3)7-12-6-8(4-10)5-11-12/h2*4-6H,8H2,1-3H3;5-6H,7H2,1-3H3. The summed E-state index contributed by atoms with van der Waals surface area (Å²) in [5, 5.41) is 30.1. The van der Waals surface area contributed by atoms with Gasteiger partial charge in [0.15, 0.2) is 0 Å². The van der Waals surface area contributed by atoms with Gasteiger partial charge >= 0.3 is 0 Å². The van der Waals surface area contributed by atoms with Crippen molar-refractivity contribution in [1.29, 1.82) is 15.8 Å². The number of hydrogen-bond acceptors (Lipinski definition) is 4. The average Bonchev–Trinajstić information content (AvgIpc) is 3.46. The van der Waals surface area contributed by atoms with Gasteiger partial charge in [0.1, 0.15) is 29.6 Å². The molecule has 0 aromatic carbocycles. The van der Waals surface area contributed by atoms with Crippen molar-refractivity contribution in [3.8, 4) is 18.2 Å². The Labute approximate surface area is 217 Å². The van der Waals surface area contributed by atoms with Crippen LogP contribution < -0.4 is 0 Å². The van der Waals surface area contributed by atoms with E-state index in [1.54, 1.807) is 17.1 Å². The molecule has 0 bridgehead atoms. The second-order valence-corrected chi connectivity index (χ2v) is 12.5. The van der Waals surface area contributed by atoms with Gasteiger partial charge in [-0.05, 0) is 40.5 Å². The van der Waals surface area contributed by atoms with Crippen LogP contribution in [0.25, 0.3) is 0 Å². The fourth-order valence-corrected chi connectivity index (χ4v) is 3.32. The first-order chi connectivity index (χ1) is 16.6. The van der Waals surface area contributed by atoms with E-state index in [1.165, 1.54) is 0 Å². The molecular formula is C29H41N7. The Kier molecular flexibility index (Phi) is 10.8. The molecule has 0 aliphatic carbocycles. The molecule has 0 saturated heterocycles. The van der Waals surface area contributed by atoms with E-state index in [2.05, 4.69) is 79.6 Å². The van der Waals surface area contributed by atoms with Crippen molar-refractivity contribution < 1.29 is 0 Å². The summed E-state index contributed by atoms with van der Waals surface area (Å²) in [6.45, 7) is 22.0. The molecule has 0 spiro atoms. The van der Waals surface area contributed by atoms with Gasteiger partial charge in [-0.3, -0.25) is 4.68 Å². The Morgan fingerprint density at radius 1 is 0.667 bits per heavy atom. The van der Waals surface area contributed by atoms with Gasteiger partial charge < -0.3 is 9.13 Å². The van der Waals surface area contributed by atoms with Crippen LogP contribution in [0.15, 0.2) is 49.1 Å². The lowest BCUT2D eigenvalue weighted by atomic mass is 9.97. The summed E-state index contributed by atoms with van der Waals surface area (Å²) in [5.41, 5.74) is 2.77. The lowest BCUT2D eigenvalue weighted by Gasteiger charge is -2.19. The van der Waals surface area contributed by atoms with Gasteiger partial charge in [0, 0.05) is 38.2 Å². The Balaban J connectivity index is 0.000000270. The third-order valence-corrected chi connectivity index (χ3v) is 4.58. The molecule has 3 heterocycles. The fraction of sp³-hybridized carbons (Fsp3) is 0.517. The molecule has 0 saturated carbocycles. The zero-order chi connectivity index (χ0) is 27.6. The van der Waals surface area contributed by atoms with E-state index in [1.807, 2.05) is 51.9 Å². The maximum Gasteiger partial charge on any atom is 0.120 e. The topological polar surface area (TPSA) is 99.0 Å². The number of aromatic nitrogens is 4. The monoisotopic (exact) mass is 487 g/mol. The van der Waals surface area contributed by atoms with E-state index in [-0.39, 0.29) is 16.2 Å². The van der Waals surface area contributed by atoms with E-state index in [4.69, 9.17) is 15.8 Å². The molecule has 0 radical (unpaired) electrons. The third-order valence-electron chi connectivity index (χ3n) is 4.58. The lowest BCUT2D eigenvalue weighted by Crippen LogP contribution is -2.15. The molecule has 3 aromatic heterocycles. The molecule has 0 atom stereocenters. The second kappa shape index (κ2) is 12.8. The number of nitriles is 3. The summed E-state index contributed by atoms with van der Waals surface area (Å²) in [6, 6.07) is 13.9. The first-order valence-electron chi connectivity index (χ1n) is 12.1. The number of nitrogens with zero attached hydrogens (tertiary/aromatic N) is 7. The highest BCUT2D eigenvalue weighted by atomic mass is 15.3. The van der Waals surface area contributed by atoms with Crippen LogP contribution in [0.1, 0.15) is 79.3 Å². The normalized spacial score (nSPS) is 11.2. The van der Waals surface area contributed by atoms with Crippen LogP contribution in [0.4, 0.5) is 0 Å². The van der Waals surface area contributed by atoms with Crippen LogP contribution in [0.5, 0.6) is 0 Å². The van der Waals surface area contributed by atoms with Crippen molar-refractivity contribution in [2.24, 2.45) is 16.2 Å². The zero-order valence-corrected chi connectivity index (χ0v) is 23.4. The predicted molar refractivity (Wildman–Crippen MR) is 144 cm³/mol. The molecule has 0 amide bonds. The number of rotatable bonds is 3. The number of hydrogen-bond donors (Lipinski definition) is 0. The lowest BCUT2D eigenvalue weighted by molar-refractivity contribution is 0.325. The molecule has 0 aliphatic rings. The molecule has 0 N–H and O–H groups in total. The van der Waals surface area contributed by atoms with Gasteiger partial charge in [-0.25, -0.2) is 0 Å². The predicted octanol–water partition coefficient (Wildman–Crippen LogP) is 6.61. The first kappa shape index (κ1) is 30.3. The highest BCUT2D eigenvalue weighted by molar-refractivity contribution is 5.23. The summed E-state index contributed by atoms with van der Waals surface area (Å²) >= 11 is 0. The summed E-state index contributed by atoms with van der Waals surface area (Å²) < 4.78 is 5.78. The van der Waals surface area contributed by atoms with Crippen molar-refractivity contribution >= 4 is 0 Å². The van der Waals surface area contributed by atoms with Crippen molar-refractivity contribution in [2.45, 2.75) is 81.9 Å². The largest absolute Gasteiger partial charge is 0.339 e. The highest BCUT2D eigenvalue weighted by Crippen LogP contribution is 2.18. The summed E-state index contributed by atoms with van der Waals surface area (Å²) in [7, 11) is 0. The van der Waals surface area contributed by atoms with E-state index in [9.17, 15) is 0 Å². The summed E-state index contributed by atoms with van der Waals surface area (Å²) in [5.74, 6) is 0. The molecular weight excluding hydrogens is 446 g/mol. The fourth-order valence-electron chi connectivity index (χ4n) is 3.32. The minimum Gasteiger partial charge on any atom is -0.339 e. The molecule has 36 heavy (non-hydrogen) atoms. The van der Waals surface area contributed by atoms with E-state index >= 15 is 0 Å². The quantitative estimate of drug-likeness (QED) is 0.415. The Hall–Kier alpha value is -3.76. The summed E-state index contributed by atoms with van der Waals surface area (Å²) in [6.07, 6.45) is 7.25. The molecule has 3 rings (SSSR count). The molecule has 0 fully saturated rings. The van der Waals surface area contributed by atoms with E-state index in [0.717, 1.165) is 31.0 Å². The molecule has 0 aliphatic heterocycles. The van der Waals surface area contributed by atoms with Gasteiger partial charge in [0.05, 0.1) is 11.8 Å². The van der Waals surface area contributed by atoms with Crippen LogP contribution in [0, 0.1) is 50.2 Å². The summed E-state index contributed by atoms with van der Waals surface area (Å²) in [4.78, 5) is 0. The van der Waals surface area contributed by atoms with E-state index in [0.29, 0.717) is 5.56 Å². The van der Waals surface area contributed by atoms with Crippen LogP contribution in [0.2, 0.25) is 0 Å². The van der Waals surface area contributed by atoms with Crippen LogP contribution in [0.3, 0.4) is 0 Å². The Morgan fingerprint density at radius 3 is 1.39 bits per heavy atom. The van der Waals surface area contributed by atoms with Crippen molar-refractivity contribution in [1.82, 2.24) is 18.9 Å². The van der Waals surface area contributed by atoms with Gasteiger partial charge in [0.2, 0.25) is 0 Å². The minimum atomic E-state index is 0.207. The molecule has 3 aromatic rings. The molecule has 7 nitrogen and oxygen atoms in total. The van der Waals surface area contributed by atoms with Crippen molar-refractivity contribution in [2.75, 3.05) is 0 Å². The Morgan fingerprint density at radius 2 is 1.08 bits per heavy atom. The van der Waals surface area contributed by atoms with Gasteiger partial charge in [0.25, 0.3) is 0 Å². The first-order valence-corrected chi connectivity index (χ1v) is 12.1. The Bertz CT molecular complexity index is 1130. The molecule has 0 unspecified atom stereocenters. The van der Waals surface area contributed by atoms with Crippen molar-refractivity contribution in [3.63, 3.8) is 0 Å². The zero-order valence-electron chi connectivity index (χ0n) is 23.4. The minimum absolute atomic E-state index is 0.207. The SMILES string of the molecule is CC(C)(C)Cn1cc(C#N)cn1.CC(C)(C)Cn1cccc1C#N.CC(C)(C)Cn1cccc1C#N. The molecule has 192 valence electrons. The van der Waals surface area contributed by atoms with Crippen LogP contribution >= 0.6 is 0 Å². The maximum absolute atomic E-state index is 8.73. The van der Waals surface area contributed by atoms with Crippen molar-refractivity contribution in [3.05, 3.63) is 66.0 Å². The van der Waals surface area contributed by atoms with Gasteiger partial charge in [-0.1, -0.05) is 62.3 Å².